The minimum Gasteiger partial charge on any atom is -0.454 e. The van der Waals surface area contributed by atoms with Gasteiger partial charge in [0.05, 0.1) is 11.3 Å². The normalized spacial score (nSPS) is 10.5. The maximum absolute atomic E-state index is 13.1. The summed E-state index contributed by atoms with van der Waals surface area (Å²) in [4.78, 5) is 38.3. The van der Waals surface area contributed by atoms with Gasteiger partial charge in [-0.1, -0.05) is 0 Å². The van der Waals surface area contributed by atoms with Crippen molar-refractivity contribution in [2.45, 2.75) is 20.8 Å². The van der Waals surface area contributed by atoms with E-state index in [1.54, 1.807) is 13.8 Å². The molecule has 7 heteroatoms. The summed E-state index contributed by atoms with van der Waals surface area (Å²) in [6, 6.07) is 2.55. The zero-order chi connectivity index (χ0) is 18.0. The van der Waals surface area contributed by atoms with Crippen molar-refractivity contribution in [3.8, 4) is 0 Å². The van der Waals surface area contributed by atoms with Crippen LogP contribution in [-0.2, 0) is 4.74 Å². The van der Waals surface area contributed by atoms with Crippen LogP contribution in [0.25, 0.3) is 0 Å². The van der Waals surface area contributed by atoms with Gasteiger partial charge in [0, 0.05) is 11.3 Å². The number of hydrogen-bond acceptors (Lipinski definition) is 4. The summed E-state index contributed by atoms with van der Waals surface area (Å²) in [6.45, 7) is 4.08. The number of ether oxygens (including phenoxy) is 1. The molecule has 0 fully saturated rings. The zero-order valence-corrected chi connectivity index (χ0v) is 13.3. The number of nitrogens with one attached hydrogen (secondary N) is 1. The van der Waals surface area contributed by atoms with Crippen LogP contribution in [0.5, 0.6) is 0 Å². The summed E-state index contributed by atoms with van der Waals surface area (Å²) in [5.41, 5.74) is 1.43. The van der Waals surface area contributed by atoms with Gasteiger partial charge in [0.2, 0.25) is 5.78 Å². The number of carbonyl (C=O) groups is 3. The second-order valence-electron chi connectivity index (χ2n) is 5.31. The van der Waals surface area contributed by atoms with Gasteiger partial charge in [-0.25, -0.2) is 13.6 Å². The van der Waals surface area contributed by atoms with E-state index < -0.39 is 30.0 Å². The fourth-order valence-corrected chi connectivity index (χ4v) is 2.47. The van der Waals surface area contributed by atoms with Crippen LogP contribution in [0.4, 0.5) is 8.78 Å². The third-order valence-corrected chi connectivity index (χ3v) is 3.56. The van der Waals surface area contributed by atoms with Gasteiger partial charge in [0.15, 0.2) is 24.0 Å². The van der Waals surface area contributed by atoms with E-state index in [0.29, 0.717) is 22.9 Å². The van der Waals surface area contributed by atoms with E-state index in [1.165, 1.54) is 6.92 Å². The number of esters is 1. The summed E-state index contributed by atoms with van der Waals surface area (Å²) < 4.78 is 30.7. The summed E-state index contributed by atoms with van der Waals surface area (Å²) in [5.74, 6) is -3.93. The molecule has 0 aliphatic heterocycles. The van der Waals surface area contributed by atoms with Crippen LogP contribution in [0.3, 0.4) is 0 Å². The quantitative estimate of drug-likeness (QED) is 0.673. The van der Waals surface area contributed by atoms with Crippen molar-refractivity contribution < 1.29 is 27.9 Å². The topological polar surface area (TPSA) is 76.2 Å². The molecule has 0 unspecified atom stereocenters. The first-order valence-electron chi connectivity index (χ1n) is 7.07. The average molecular weight is 335 g/mol. The maximum atomic E-state index is 13.1. The van der Waals surface area contributed by atoms with Crippen molar-refractivity contribution in [2.24, 2.45) is 0 Å². The Kier molecular flexibility index (Phi) is 4.92. The van der Waals surface area contributed by atoms with Crippen LogP contribution in [0.15, 0.2) is 18.2 Å². The molecule has 0 bridgehead atoms. The molecule has 0 amide bonds. The Labute approximate surface area is 136 Å². The fraction of sp³-hybridized carbons (Fsp3) is 0.235. The summed E-state index contributed by atoms with van der Waals surface area (Å²) >= 11 is 0. The number of rotatable bonds is 5. The number of Topliss-reactive ketones (excluding diaryl/α,β-unsaturated/α-hetero) is 2. The lowest BCUT2D eigenvalue weighted by molar-refractivity contribution is 0.0472. The highest BCUT2D eigenvalue weighted by Crippen LogP contribution is 2.19. The van der Waals surface area contributed by atoms with Crippen molar-refractivity contribution in [1.82, 2.24) is 4.98 Å². The van der Waals surface area contributed by atoms with Gasteiger partial charge in [-0.05, 0) is 44.5 Å². The monoisotopic (exact) mass is 335 g/mol. The molecular formula is C17H15F2NO4. The van der Waals surface area contributed by atoms with E-state index in [2.05, 4.69) is 4.98 Å². The first-order valence-corrected chi connectivity index (χ1v) is 7.07. The molecule has 1 aromatic heterocycles. The second kappa shape index (κ2) is 6.74. The Hall–Kier alpha value is -2.83. The molecule has 0 spiro atoms. The highest BCUT2D eigenvalue weighted by atomic mass is 19.2. The van der Waals surface area contributed by atoms with Gasteiger partial charge >= 0.3 is 5.97 Å². The SMILES string of the molecule is CC(=O)c1c(C)[nH]c(C(=O)COC(=O)c2ccc(F)c(F)c2)c1C. The van der Waals surface area contributed by atoms with E-state index in [4.69, 9.17) is 4.74 Å². The third-order valence-electron chi connectivity index (χ3n) is 3.56. The molecular weight excluding hydrogens is 320 g/mol. The molecule has 1 heterocycles. The average Bonchev–Trinajstić information content (AvgIpc) is 2.82. The van der Waals surface area contributed by atoms with Gasteiger partial charge in [-0.2, -0.15) is 0 Å². The molecule has 0 radical (unpaired) electrons. The minimum absolute atomic E-state index is 0.177. The van der Waals surface area contributed by atoms with Gasteiger partial charge < -0.3 is 9.72 Å². The molecule has 24 heavy (non-hydrogen) atoms. The van der Waals surface area contributed by atoms with E-state index in [9.17, 15) is 23.2 Å². The smallest absolute Gasteiger partial charge is 0.338 e. The largest absolute Gasteiger partial charge is 0.454 e. The van der Waals surface area contributed by atoms with E-state index in [1.807, 2.05) is 0 Å². The molecule has 0 atom stereocenters. The molecule has 0 saturated heterocycles. The summed E-state index contributed by atoms with van der Waals surface area (Å²) in [7, 11) is 0. The lowest BCUT2D eigenvalue weighted by Crippen LogP contribution is -2.15. The standard InChI is InChI=1S/C17H15F2NO4/c1-8-15(10(3)21)9(2)20-16(8)14(22)7-24-17(23)11-4-5-12(18)13(19)6-11/h4-6,20H,7H2,1-3H3. The Bertz CT molecular complexity index is 839. The zero-order valence-electron chi connectivity index (χ0n) is 13.3. The number of benzene rings is 1. The highest BCUT2D eigenvalue weighted by molar-refractivity contribution is 6.04. The number of aromatic nitrogens is 1. The van der Waals surface area contributed by atoms with Crippen LogP contribution < -0.4 is 0 Å². The molecule has 2 aromatic rings. The Morgan fingerprint density at radius 1 is 1.12 bits per heavy atom. The molecule has 0 saturated carbocycles. The van der Waals surface area contributed by atoms with Crippen LogP contribution >= 0.6 is 0 Å². The number of aryl methyl sites for hydroxylation is 1. The lowest BCUT2D eigenvalue weighted by atomic mass is 10.1. The molecule has 5 nitrogen and oxygen atoms in total. The maximum Gasteiger partial charge on any atom is 0.338 e. The van der Waals surface area contributed by atoms with Crippen LogP contribution in [0.1, 0.15) is 49.4 Å². The first kappa shape index (κ1) is 17.5. The van der Waals surface area contributed by atoms with E-state index >= 15 is 0 Å². The minimum atomic E-state index is -1.18. The van der Waals surface area contributed by atoms with Crippen LogP contribution in [0, 0.1) is 25.5 Å². The molecule has 0 aliphatic rings. The Morgan fingerprint density at radius 3 is 2.33 bits per heavy atom. The number of aromatic amines is 1. The number of carbonyl (C=O) groups excluding carboxylic acids is 3. The first-order chi connectivity index (χ1) is 11.2. The summed E-state index contributed by atoms with van der Waals surface area (Å²) in [5, 5.41) is 0. The van der Waals surface area contributed by atoms with Crippen molar-refractivity contribution in [2.75, 3.05) is 6.61 Å². The van der Waals surface area contributed by atoms with Gasteiger partial charge in [0.1, 0.15) is 0 Å². The molecule has 1 N–H and O–H groups in total. The van der Waals surface area contributed by atoms with E-state index in [-0.39, 0.29) is 17.0 Å². The van der Waals surface area contributed by atoms with Gasteiger partial charge in [0.25, 0.3) is 0 Å². The predicted octanol–water partition coefficient (Wildman–Crippen LogP) is 3.15. The summed E-state index contributed by atoms with van der Waals surface area (Å²) in [6.07, 6.45) is 0. The van der Waals surface area contributed by atoms with Gasteiger partial charge in [-0.3, -0.25) is 9.59 Å². The predicted molar refractivity (Wildman–Crippen MR) is 81.2 cm³/mol. The second-order valence-corrected chi connectivity index (χ2v) is 5.31. The van der Waals surface area contributed by atoms with Crippen molar-refractivity contribution in [3.63, 3.8) is 0 Å². The van der Waals surface area contributed by atoms with Crippen molar-refractivity contribution in [3.05, 3.63) is 57.9 Å². The molecule has 1 aromatic carbocycles. The van der Waals surface area contributed by atoms with Crippen LogP contribution in [-0.4, -0.2) is 29.1 Å². The number of ketones is 2. The number of hydrogen-bond donors (Lipinski definition) is 1. The lowest BCUT2D eigenvalue weighted by Gasteiger charge is -2.05. The van der Waals surface area contributed by atoms with Gasteiger partial charge in [-0.15, -0.1) is 0 Å². The Morgan fingerprint density at radius 2 is 1.79 bits per heavy atom. The van der Waals surface area contributed by atoms with Crippen molar-refractivity contribution >= 4 is 17.5 Å². The molecule has 126 valence electrons. The number of H-pyrrole nitrogens is 1. The highest BCUT2D eigenvalue weighted by Gasteiger charge is 2.21. The molecule has 2 rings (SSSR count). The molecule has 0 aliphatic carbocycles. The third kappa shape index (κ3) is 3.40. The fourth-order valence-electron chi connectivity index (χ4n) is 2.47. The van der Waals surface area contributed by atoms with E-state index in [0.717, 1.165) is 12.1 Å². The van der Waals surface area contributed by atoms with Crippen LogP contribution in [0.2, 0.25) is 0 Å². The van der Waals surface area contributed by atoms with Crippen molar-refractivity contribution in [1.29, 1.82) is 0 Å². The number of halogens is 2. The Balaban J connectivity index is 2.11.